The summed E-state index contributed by atoms with van der Waals surface area (Å²) in [5.74, 6) is 0.727. The first-order valence-corrected chi connectivity index (χ1v) is 9.67. The van der Waals surface area contributed by atoms with E-state index in [1.165, 1.54) is 0 Å². The van der Waals surface area contributed by atoms with Crippen molar-refractivity contribution in [2.45, 2.75) is 26.9 Å². The Labute approximate surface area is 176 Å². The van der Waals surface area contributed by atoms with Gasteiger partial charge in [-0.3, -0.25) is 4.79 Å². The topological polar surface area (TPSA) is 74.6 Å². The highest BCUT2D eigenvalue weighted by molar-refractivity contribution is 7.84. The second kappa shape index (κ2) is 8.50. The zero-order chi connectivity index (χ0) is 21.1. The summed E-state index contributed by atoms with van der Waals surface area (Å²) in [5.41, 5.74) is 3.74. The number of carbonyl (C=O) groups excluding carboxylic acids is 1. The van der Waals surface area contributed by atoms with Crippen LogP contribution < -0.4 is 19.7 Å². The summed E-state index contributed by atoms with van der Waals surface area (Å²) in [5, 5.41) is 12.7. The minimum Gasteiger partial charge on any atom is -0.493 e. The Kier molecular flexibility index (Phi) is 6.04. The fourth-order valence-electron chi connectivity index (χ4n) is 3.40. The van der Waals surface area contributed by atoms with E-state index >= 15 is 0 Å². The highest BCUT2D eigenvalue weighted by atomic mass is 32.1. The number of methoxy groups -OCH3 is 1. The predicted octanol–water partition coefficient (Wildman–Crippen LogP) is 4.01. The Morgan fingerprint density at radius 2 is 1.97 bits per heavy atom. The normalized spacial score (nSPS) is 16.3. The Morgan fingerprint density at radius 3 is 2.59 bits per heavy atom. The van der Waals surface area contributed by atoms with Crippen LogP contribution in [-0.2, 0) is 4.79 Å². The van der Waals surface area contributed by atoms with Gasteiger partial charge in [-0.05, 0) is 50.1 Å². The van der Waals surface area contributed by atoms with E-state index in [0.717, 1.165) is 22.4 Å². The number of aryl methyl sites for hydroxylation is 2. The third kappa shape index (κ3) is 3.89. The number of thiol groups is 1. The lowest BCUT2D eigenvalue weighted by atomic mass is 10.0. The van der Waals surface area contributed by atoms with Gasteiger partial charge in [-0.25, -0.2) is 0 Å². The first kappa shape index (κ1) is 20.6. The molecule has 6 nitrogen and oxygen atoms in total. The third-order valence-electron chi connectivity index (χ3n) is 4.73. The van der Waals surface area contributed by atoms with Crippen LogP contribution in [0.25, 0.3) is 0 Å². The van der Waals surface area contributed by atoms with Gasteiger partial charge in [0, 0.05) is 5.69 Å². The average Bonchev–Trinajstić information content (AvgIpc) is 2.69. The molecule has 0 aromatic heterocycles. The Morgan fingerprint density at radius 1 is 1.21 bits per heavy atom. The number of carbonyl (C=O) groups is 1. The first-order chi connectivity index (χ1) is 13.9. The number of anilines is 1. The quantitative estimate of drug-likeness (QED) is 0.730. The summed E-state index contributed by atoms with van der Waals surface area (Å²) < 4.78 is 11.1. The number of nitriles is 1. The molecule has 0 saturated carbocycles. The summed E-state index contributed by atoms with van der Waals surface area (Å²) in [6.07, 6.45) is -0.557. The smallest absolute Gasteiger partial charge is 0.266 e. The molecule has 7 heteroatoms. The van der Waals surface area contributed by atoms with Crippen molar-refractivity contribution in [3.05, 3.63) is 63.7 Å². The second-order valence-electron chi connectivity index (χ2n) is 6.69. The van der Waals surface area contributed by atoms with E-state index in [-0.39, 0.29) is 5.57 Å². The van der Waals surface area contributed by atoms with Crippen molar-refractivity contribution >= 4 is 24.2 Å². The van der Waals surface area contributed by atoms with E-state index in [1.54, 1.807) is 7.11 Å². The third-order valence-corrected chi connectivity index (χ3v) is 5.17. The zero-order valence-corrected chi connectivity index (χ0v) is 17.7. The van der Waals surface area contributed by atoms with Crippen molar-refractivity contribution in [3.63, 3.8) is 0 Å². The summed E-state index contributed by atoms with van der Waals surface area (Å²) in [6, 6.07) is 13.5. The maximum Gasteiger partial charge on any atom is 0.266 e. The van der Waals surface area contributed by atoms with Crippen LogP contribution in [0, 0.1) is 25.2 Å². The van der Waals surface area contributed by atoms with Gasteiger partial charge in [-0.15, -0.1) is 12.6 Å². The molecule has 2 aromatic rings. The predicted molar refractivity (Wildman–Crippen MR) is 115 cm³/mol. The minimum atomic E-state index is -0.557. The van der Waals surface area contributed by atoms with Gasteiger partial charge in [-0.2, -0.15) is 5.26 Å². The molecule has 1 amide bonds. The van der Waals surface area contributed by atoms with E-state index in [0.29, 0.717) is 23.1 Å². The number of benzene rings is 2. The molecule has 0 radical (unpaired) electrons. The fraction of sp³-hybridized carbons (Fsp3) is 0.273. The summed E-state index contributed by atoms with van der Waals surface area (Å²) in [6.45, 7) is 6.42. The van der Waals surface area contributed by atoms with E-state index in [4.69, 9.17) is 9.47 Å². The van der Waals surface area contributed by atoms with Gasteiger partial charge in [0.1, 0.15) is 17.8 Å². The molecule has 1 aliphatic rings. The maximum atomic E-state index is 12.5. The Bertz CT molecular complexity index is 1030. The van der Waals surface area contributed by atoms with E-state index in [9.17, 15) is 10.1 Å². The van der Waals surface area contributed by atoms with Gasteiger partial charge in [0.2, 0.25) is 0 Å². The van der Waals surface area contributed by atoms with Crippen molar-refractivity contribution in [1.29, 1.82) is 5.26 Å². The lowest BCUT2D eigenvalue weighted by Gasteiger charge is -2.39. The van der Waals surface area contributed by atoms with Crippen molar-refractivity contribution in [2.24, 2.45) is 0 Å². The van der Waals surface area contributed by atoms with Gasteiger partial charge < -0.3 is 19.7 Å². The van der Waals surface area contributed by atoms with Crippen LogP contribution in [0.3, 0.4) is 0 Å². The lowest BCUT2D eigenvalue weighted by Crippen LogP contribution is -2.46. The Hall–Kier alpha value is -3.11. The molecular weight excluding hydrogens is 386 g/mol. The molecule has 0 aliphatic carbocycles. The van der Waals surface area contributed by atoms with Crippen molar-refractivity contribution in [2.75, 3.05) is 18.6 Å². The van der Waals surface area contributed by atoms with Crippen LogP contribution in [0.5, 0.6) is 11.5 Å². The van der Waals surface area contributed by atoms with Crippen molar-refractivity contribution in [3.8, 4) is 17.6 Å². The van der Waals surface area contributed by atoms with Gasteiger partial charge in [0.25, 0.3) is 5.91 Å². The lowest BCUT2D eigenvalue weighted by molar-refractivity contribution is -0.118. The molecule has 150 valence electrons. The zero-order valence-electron chi connectivity index (χ0n) is 16.8. The van der Waals surface area contributed by atoms with Crippen LogP contribution >= 0.6 is 12.6 Å². The summed E-state index contributed by atoms with van der Waals surface area (Å²) >= 11 is 4.55. The SMILES string of the molecule is CCOc1ccc(C2NC(=O)C(C#N)=C(S)N2c2ccc(C)cc2C)cc1OC. The molecule has 0 spiro atoms. The highest BCUT2D eigenvalue weighted by Crippen LogP contribution is 2.39. The fourth-order valence-corrected chi connectivity index (χ4v) is 3.77. The average molecular weight is 410 g/mol. The molecular formula is C22H23N3O3S. The van der Waals surface area contributed by atoms with Gasteiger partial charge in [-0.1, -0.05) is 23.8 Å². The number of hydrogen-bond acceptors (Lipinski definition) is 6. The van der Waals surface area contributed by atoms with Gasteiger partial charge in [0.15, 0.2) is 11.5 Å². The number of hydrogen-bond donors (Lipinski definition) is 2. The molecule has 0 bridgehead atoms. The molecule has 1 heterocycles. The number of nitrogens with one attached hydrogen (secondary N) is 1. The van der Waals surface area contributed by atoms with Crippen LogP contribution in [0.15, 0.2) is 47.0 Å². The first-order valence-electron chi connectivity index (χ1n) is 9.22. The molecule has 1 aliphatic heterocycles. The molecule has 0 fully saturated rings. The molecule has 1 unspecified atom stereocenters. The highest BCUT2D eigenvalue weighted by Gasteiger charge is 2.35. The largest absolute Gasteiger partial charge is 0.493 e. The second-order valence-corrected chi connectivity index (χ2v) is 7.11. The van der Waals surface area contributed by atoms with Crippen LogP contribution in [0.4, 0.5) is 5.69 Å². The number of rotatable bonds is 5. The van der Waals surface area contributed by atoms with E-state index < -0.39 is 12.1 Å². The molecule has 1 N–H and O–H groups in total. The number of nitrogens with zero attached hydrogens (tertiary/aromatic N) is 2. The number of amides is 1. The molecule has 3 rings (SSSR count). The van der Waals surface area contributed by atoms with Crippen LogP contribution in [-0.4, -0.2) is 19.6 Å². The Balaban J connectivity index is 2.17. The molecule has 2 aromatic carbocycles. The van der Waals surface area contributed by atoms with Gasteiger partial charge >= 0.3 is 0 Å². The molecule has 1 atom stereocenters. The maximum absolute atomic E-state index is 12.5. The van der Waals surface area contributed by atoms with Crippen LogP contribution in [0.2, 0.25) is 0 Å². The minimum absolute atomic E-state index is 0.0255. The summed E-state index contributed by atoms with van der Waals surface area (Å²) in [4.78, 5) is 14.4. The van der Waals surface area contributed by atoms with Crippen molar-refractivity contribution in [1.82, 2.24) is 5.32 Å². The van der Waals surface area contributed by atoms with E-state index in [1.807, 2.05) is 62.1 Å². The van der Waals surface area contributed by atoms with Gasteiger partial charge in [0.05, 0.1) is 18.7 Å². The molecule has 0 saturated heterocycles. The summed E-state index contributed by atoms with van der Waals surface area (Å²) in [7, 11) is 1.57. The monoisotopic (exact) mass is 409 g/mol. The standard InChI is InChI=1S/C22H23N3O3S/c1-5-28-18-9-7-15(11-19(18)27-4)20-24-21(26)16(12-23)22(29)25(20)17-8-6-13(2)10-14(17)3/h6-11,20,29H,5H2,1-4H3,(H,24,26). The van der Waals surface area contributed by atoms with Crippen LogP contribution in [0.1, 0.15) is 29.8 Å². The van der Waals surface area contributed by atoms with E-state index in [2.05, 4.69) is 24.0 Å². The molecule has 29 heavy (non-hydrogen) atoms. The number of ether oxygens (including phenoxy) is 2. The van der Waals surface area contributed by atoms with Crippen molar-refractivity contribution < 1.29 is 14.3 Å².